The molecule has 1 amide bonds. The molecule has 0 radical (unpaired) electrons. The normalized spacial score (nSPS) is 11.1. The molecule has 2 N–H and O–H groups in total. The second-order valence-electron chi connectivity index (χ2n) is 7.03. The first-order valence-electron chi connectivity index (χ1n) is 10.1. The number of methoxy groups -OCH3 is 2. The minimum Gasteiger partial charge on any atom is -0.493 e. The van der Waals surface area contributed by atoms with Crippen LogP contribution in [0.1, 0.15) is 17.5 Å². The van der Waals surface area contributed by atoms with E-state index in [1.165, 1.54) is 32.4 Å². The Morgan fingerprint density at radius 3 is 2.28 bits per heavy atom. The van der Waals surface area contributed by atoms with Crippen molar-refractivity contribution in [3.63, 3.8) is 0 Å². The molecule has 32 heavy (non-hydrogen) atoms. The topological polar surface area (TPSA) is 93.7 Å². The number of nitrogens with one attached hydrogen (secondary N) is 2. The second-order valence-corrected chi connectivity index (χ2v) is 8.80. The van der Waals surface area contributed by atoms with Crippen molar-refractivity contribution in [2.75, 3.05) is 26.1 Å². The van der Waals surface area contributed by atoms with E-state index in [0.29, 0.717) is 23.6 Å². The van der Waals surface area contributed by atoms with Crippen molar-refractivity contribution < 1.29 is 22.7 Å². The average Bonchev–Trinajstić information content (AvgIpc) is 2.80. The maximum Gasteiger partial charge on any atom is 0.240 e. The Morgan fingerprint density at radius 2 is 1.56 bits per heavy atom. The Bertz CT molecular complexity index is 1160. The quantitative estimate of drug-likeness (QED) is 0.488. The SMILES string of the molecule is COc1ccc(S(=O)(=O)NCCC(=O)Nc2ccccc2Cc2ccccc2)cc1OC. The standard InChI is InChI=1S/C24H26N2O5S/c1-30-22-13-12-20(17-23(22)31-2)32(28,29)25-15-14-24(27)26-21-11-7-6-10-19(21)16-18-8-4-3-5-9-18/h3-13,17,25H,14-16H2,1-2H3,(H,26,27). The number of benzene rings is 3. The summed E-state index contributed by atoms with van der Waals surface area (Å²) in [7, 11) is -0.895. The van der Waals surface area contributed by atoms with E-state index in [1.54, 1.807) is 0 Å². The first-order chi connectivity index (χ1) is 15.4. The lowest BCUT2D eigenvalue weighted by Gasteiger charge is -2.12. The number of carbonyl (C=O) groups excluding carboxylic acids is 1. The summed E-state index contributed by atoms with van der Waals surface area (Å²) in [6, 6.07) is 21.8. The van der Waals surface area contributed by atoms with Gasteiger partial charge in [0.25, 0.3) is 0 Å². The summed E-state index contributed by atoms with van der Waals surface area (Å²) in [4.78, 5) is 12.5. The van der Waals surface area contributed by atoms with E-state index >= 15 is 0 Å². The second kappa shape index (κ2) is 10.8. The zero-order valence-electron chi connectivity index (χ0n) is 18.0. The summed E-state index contributed by atoms with van der Waals surface area (Å²) < 4.78 is 37.8. The minimum atomic E-state index is -3.80. The molecule has 3 rings (SSSR count). The molecule has 0 spiro atoms. The predicted molar refractivity (Wildman–Crippen MR) is 124 cm³/mol. The van der Waals surface area contributed by atoms with Crippen molar-refractivity contribution in [2.45, 2.75) is 17.7 Å². The van der Waals surface area contributed by atoms with E-state index in [1.807, 2.05) is 54.6 Å². The first kappa shape index (κ1) is 23.3. The van der Waals surface area contributed by atoms with Gasteiger partial charge in [-0.05, 0) is 35.7 Å². The maximum absolute atomic E-state index is 12.6. The largest absolute Gasteiger partial charge is 0.493 e. The number of sulfonamides is 1. The van der Waals surface area contributed by atoms with E-state index in [0.717, 1.165) is 11.1 Å². The number of ether oxygens (including phenoxy) is 2. The fourth-order valence-corrected chi connectivity index (χ4v) is 4.24. The molecular formula is C24H26N2O5S. The van der Waals surface area contributed by atoms with E-state index in [-0.39, 0.29) is 23.8 Å². The summed E-state index contributed by atoms with van der Waals surface area (Å²) in [6.45, 7) is -0.0383. The van der Waals surface area contributed by atoms with E-state index in [4.69, 9.17) is 9.47 Å². The van der Waals surface area contributed by atoms with Gasteiger partial charge >= 0.3 is 0 Å². The van der Waals surface area contributed by atoms with Crippen LogP contribution in [0.25, 0.3) is 0 Å². The summed E-state index contributed by atoms with van der Waals surface area (Å²) in [5, 5.41) is 2.88. The Hall–Kier alpha value is -3.36. The molecule has 0 bridgehead atoms. The smallest absolute Gasteiger partial charge is 0.240 e. The van der Waals surface area contributed by atoms with Gasteiger partial charge in [0.15, 0.2) is 11.5 Å². The first-order valence-corrected chi connectivity index (χ1v) is 11.5. The molecule has 3 aromatic carbocycles. The molecule has 0 aliphatic heterocycles. The van der Waals surface area contributed by atoms with Gasteiger partial charge in [-0.3, -0.25) is 4.79 Å². The summed E-state index contributed by atoms with van der Waals surface area (Å²) in [5.41, 5.74) is 2.83. The Morgan fingerprint density at radius 1 is 0.875 bits per heavy atom. The molecule has 0 heterocycles. The molecule has 3 aromatic rings. The molecule has 0 saturated heterocycles. The molecule has 0 fully saturated rings. The number of rotatable bonds is 10. The molecule has 0 aliphatic carbocycles. The highest BCUT2D eigenvalue weighted by Gasteiger charge is 2.17. The lowest BCUT2D eigenvalue weighted by molar-refractivity contribution is -0.116. The van der Waals surface area contributed by atoms with Crippen LogP contribution in [0.5, 0.6) is 11.5 Å². The highest BCUT2D eigenvalue weighted by Crippen LogP contribution is 2.29. The lowest BCUT2D eigenvalue weighted by Crippen LogP contribution is -2.28. The molecule has 0 aromatic heterocycles. The molecule has 8 heteroatoms. The van der Waals surface area contributed by atoms with Crippen LogP contribution in [-0.2, 0) is 21.2 Å². The molecular weight excluding hydrogens is 428 g/mol. The van der Waals surface area contributed by atoms with E-state index in [2.05, 4.69) is 10.0 Å². The number of para-hydroxylation sites is 1. The van der Waals surface area contributed by atoms with Crippen LogP contribution in [0.4, 0.5) is 5.69 Å². The zero-order chi connectivity index (χ0) is 23.0. The third-order valence-corrected chi connectivity index (χ3v) is 6.30. The van der Waals surface area contributed by atoms with Crippen LogP contribution in [-0.4, -0.2) is 35.1 Å². The van der Waals surface area contributed by atoms with Crippen LogP contribution in [0.2, 0.25) is 0 Å². The van der Waals surface area contributed by atoms with Gasteiger partial charge < -0.3 is 14.8 Å². The molecule has 7 nitrogen and oxygen atoms in total. The van der Waals surface area contributed by atoms with Gasteiger partial charge in [-0.25, -0.2) is 13.1 Å². The average molecular weight is 455 g/mol. The van der Waals surface area contributed by atoms with Crippen molar-refractivity contribution in [2.24, 2.45) is 0 Å². The highest BCUT2D eigenvalue weighted by molar-refractivity contribution is 7.89. The van der Waals surface area contributed by atoms with Crippen LogP contribution < -0.4 is 19.5 Å². The number of anilines is 1. The number of amides is 1. The molecule has 168 valence electrons. The van der Waals surface area contributed by atoms with Crippen LogP contribution in [0, 0.1) is 0 Å². The van der Waals surface area contributed by atoms with Crippen molar-refractivity contribution in [1.82, 2.24) is 4.72 Å². The lowest BCUT2D eigenvalue weighted by atomic mass is 10.0. The van der Waals surface area contributed by atoms with Gasteiger partial charge in [0, 0.05) is 24.7 Å². The Labute approximate surface area is 188 Å². The third-order valence-electron chi connectivity index (χ3n) is 4.84. The molecule has 0 unspecified atom stereocenters. The van der Waals surface area contributed by atoms with E-state index < -0.39 is 10.0 Å². The Kier molecular flexibility index (Phi) is 7.86. The predicted octanol–water partition coefficient (Wildman–Crippen LogP) is 3.60. The monoisotopic (exact) mass is 454 g/mol. The van der Waals surface area contributed by atoms with Gasteiger partial charge in [-0.15, -0.1) is 0 Å². The van der Waals surface area contributed by atoms with Gasteiger partial charge in [0.05, 0.1) is 19.1 Å². The number of hydrogen-bond acceptors (Lipinski definition) is 5. The summed E-state index contributed by atoms with van der Waals surface area (Å²) in [6.07, 6.45) is 0.676. The minimum absolute atomic E-state index is 0.00775. The fourth-order valence-electron chi connectivity index (χ4n) is 3.19. The van der Waals surface area contributed by atoms with Crippen LogP contribution in [0.15, 0.2) is 77.7 Å². The zero-order valence-corrected chi connectivity index (χ0v) is 18.8. The Balaban J connectivity index is 1.59. The van der Waals surface area contributed by atoms with Gasteiger partial charge in [0.1, 0.15) is 0 Å². The van der Waals surface area contributed by atoms with Gasteiger partial charge in [-0.2, -0.15) is 0 Å². The van der Waals surface area contributed by atoms with Crippen molar-refractivity contribution in [1.29, 1.82) is 0 Å². The fraction of sp³-hybridized carbons (Fsp3) is 0.208. The van der Waals surface area contributed by atoms with Gasteiger partial charge in [0.2, 0.25) is 15.9 Å². The number of hydrogen-bond donors (Lipinski definition) is 2. The van der Waals surface area contributed by atoms with Crippen molar-refractivity contribution >= 4 is 21.6 Å². The molecule has 0 aliphatic rings. The summed E-state index contributed by atoms with van der Waals surface area (Å²) >= 11 is 0. The van der Waals surface area contributed by atoms with Gasteiger partial charge in [-0.1, -0.05) is 48.5 Å². The maximum atomic E-state index is 12.6. The third kappa shape index (κ3) is 6.09. The van der Waals surface area contributed by atoms with Crippen LogP contribution >= 0.6 is 0 Å². The highest BCUT2D eigenvalue weighted by atomic mass is 32.2. The summed E-state index contributed by atoms with van der Waals surface area (Å²) in [5.74, 6) is 0.462. The van der Waals surface area contributed by atoms with E-state index in [9.17, 15) is 13.2 Å². The molecule has 0 saturated carbocycles. The van der Waals surface area contributed by atoms with Crippen molar-refractivity contribution in [3.05, 3.63) is 83.9 Å². The molecule has 0 atom stereocenters. The number of carbonyl (C=O) groups is 1. The van der Waals surface area contributed by atoms with Crippen molar-refractivity contribution in [3.8, 4) is 11.5 Å². The van der Waals surface area contributed by atoms with Crippen LogP contribution in [0.3, 0.4) is 0 Å².